The van der Waals surface area contributed by atoms with E-state index in [2.05, 4.69) is 41.5 Å². The van der Waals surface area contributed by atoms with Gasteiger partial charge in [0.25, 0.3) is 0 Å². The summed E-state index contributed by atoms with van der Waals surface area (Å²) >= 11 is 1.50. The summed E-state index contributed by atoms with van der Waals surface area (Å²) in [7, 11) is 0. The molecule has 1 rings (SSSR count). The van der Waals surface area contributed by atoms with Crippen LogP contribution in [-0.2, 0) is 0 Å². The van der Waals surface area contributed by atoms with Gasteiger partial charge in [0.2, 0.25) is 0 Å². The fourth-order valence-corrected chi connectivity index (χ4v) is 2.06. The molecule has 0 radical (unpaired) electrons. The van der Waals surface area contributed by atoms with Crippen LogP contribution >= 0.6 is 11.8 Å². The van der Waals surface area contributed by atoms with Crippen LogP contribution in [0.3, 0.4) is 0 Å². The normalized spacial score (nSPS) is 12.6. The first-order valence-electron chi connectivity index (χ1n) is 5.71. The molecule has 0 aliphatic carbocycles. The van der Waals surface area contributed by atoms with Crippen LogP contribution < -0.4 is 16.6 Å². The van der Waals surface area contributed by atoms with Crippen LogP contribution in [0.4, 0.5) is 11.6 Å². The molecule has 1 atom stereocenters. The van der Waals surface area contributed by atoms with E-state index in [1.165, 1.54) is 11.8 Å². The zero-order chi connectivity index (χ0) is 12.8. The Morgan fingerprint density at radius 3 is 2.47 bits per heavy atom. The number of anilines is 2. The summed E-state index contributed by atoms with van der Waals surface area (Å²) in [5, 5.41) is 4.07. The third-order valence-corrected chi connectivity index (χ3v) is 2.80. The van der Waals surface area contributed by atoms with E-state index in [0.717, 1.165) is 12.2 Å². The SMILES string of the molecule is CSc1nc(NN)cc(NC(C)CC(C)C)n1. The van der Waals surface area contributed by atoms with Crippen molar-refractivity contribution in [2.24, 2.45) is 11.8 Å². The lowest BCUT2D eigenvalue weighted by atomic mass is 10.1. The van der Waals surface area contributed by atoms with Gasteiger partial charge in [0.1, 0.15) is 11.6 Å². The van der Waals surface area contributed by atoms with Crippen molar-refractivity contribution >= 4 is 23.4 Å². The van der Waals surface area contributed by atoms with E-state index in [1.807, 2.05) is 12.3 Å². The Balaban J connectivity index is 2.75. The van der Waals surface area contributed by atoms with Crippen LogP contribution in [0.5, 0.6) is 0 Å². The number of thioether (sulfide) groups is 1. The summed E-state index contributed by atoms with van der Waals surface area (Å²) in [6, 6.07) is 2.20. The molecule has 0 aromatic carbocycles. The van der Waals surface area contributed by atoms with E-state index in [4.69, 9.17) is 5.84 Å². The van der Waals surface area contributed by atoms with Crippen LogP contribution in [0, 0.1) is 5.92 Å². The van der Waals surface area contributed by atoms with Gasteiger partial charge in [0.15, 0.2) is 5.16 Å². The Labute approximate surface area is 107 Å². The first-order chi connectivity index (χ1) is 8.05. The van der Waals surface area contributed by atoms with Gasteiger partial charge in [-0.05, 0) is 25.5 Å². The maximum atomic E-state index is 5.38. The number of hydrogen-bond donors (Lipinski definition) is 3. The number of aromatic nitrogens is 2. The average Bonchev–Trinajstić information content (AvgIpc) is 2.27. The Hall–Kier alpha value is -1.01. The standard InChI is InChI=1S/C11H21N5S/c1-7(2)5-8(3)13-9-6-10(16-12)15-11(14-9)17-4/h6-8H,5,12H2,1-4H3,(H2,13,14,15,16). The second kappa shape index (κ2) is 6.66. The number of nitrogen functional groups attached to an aromatic ring is 1. The highest BCUT2D eigenvalue weighted by molar-refractivity contribution is 7.98. The van der Waals surface area contributed by atoms with E-state index < -0.39 is 0 Å². The third kappa shape index (κ3) is 4.79. The van der Waals surface area contributed by atoms with Gasteiger partial charge in [-0.25, -0.2) is 15.8 Å². The molecule has 0 fully saturated rings. The van der Waals surface area contributed by atoms with E-state index >= 15 is 0 Å². The van der Waals surface area contributed by atoms with Crippen molar-refractivity contribution in [3.8, 4) is 0 Å². The Morgan fingerprint density at radius 1 is 1.29 bits per heavy atom. The van der Waals surface area contributed by atoms with Gasteiger partial charge in [-0.15, -0.1) is 0 Å². The summed E-state index contributed by atoms with van der Waals surface area (Å²) in [5.74, 6) is 7.47. The molecule has 0 saturated heterocycles. The molecule has 17 heavy (non-hydrogen) atoms. The van der Waals surface area contributed by atoms with Gasteiger partial charge in [0, 0.05) is 12.1 Å². The molecule has 6 heteroatoms. The fourth-order valence-electron chi connectivity index (χ4n) is 1.68. The highest BCUT2D eigenvalue weighted by Crippen LogP contribution is 2.18. The maximum absolute atomic E-state index is 5.38. The predicted molar refractivity (Wildman–Crippen MR) is 74.2 cm³/mol. The van der Waals surface area contributed by atoms with Crippen molar-refractivity contribution in [2.75, 3.05) is 17.0 Å². The Bertz CT molecular complexity index is 333. The number of hydrazine groups is 1. The lowest BCUT2D eigenvalue weighted by Gasteiger charge is -2.17. The molecule has 0 aliphatic heterocycles. The molecule has 1 unspecified atom stereocenters. The van der Waals surface area contributed by atoms with Crippen LogP contribution in [0.25, 0.3) is 0 Å². The topological polar surface area (TPSA) is 75.9 Å². The Kier molecular flexibility index (Phi) is 5.50. The lowest BCUT2D eigenvalue weighted by molar-refractivity contribution is 0.538. The van der Waals surface area contributed by atoms with Crippen LogP contribution in [0.15, 0.2) is 11.2 Å². The highest BCUT2D eigenvalue weighted by Gasteiger charge is 2.08. The largest absolute Gasteiger partial charge is 0.367 e. The van der Waals surface area contributed by atoms with Crippen LogP contribution in [0.1, 0.15) is 27.2 Å². The van der Waals surface area contributed by atoms with Gasteiger partial charge in [0.05, 0.1) is 0 Å². The monoisotopic (exact) mass is 255 g/mol. The summed E-state index contributed by atoms with van der Waals surface area (Å²) in [6.45, 7) is 6.56. The first-order valence-corrected chi connectivity index (χ1v) is 6.93. The number of nitrogens with one attached hydrogen (secondary N) is 2. The second-order valence-corrected chi connectivity index (χ2v) is 5.22. The van der Waals surface area contributed by atoms with Crippen molar-refractivity contribution in [2.45, 2.75) is 38.4 Å². The number of hydrogen-bond acceptors (Lipinski definition) is 6. The number of nitrogens with two attached hydrogens (primary N) is 1. The van der Waals surface area contributed by atoms with Crippen molar-refractivity contribution < 1.29 is 0 Å². The van der Waals surface area contributed by atoms with Crippen molar-refractivity contribution in [3.63, 3.8) is 0 Å². The van der Waals surface area contributed by atoms with Crippen LogP contribution in [0.2, 0.25) is 0 Å². The van der Waals surface area contributed by atoms with E-state index in [9.17, 15) is 0 Å². The zero-order valence-corrected chi connectivity index (χ0v) is 11.6. The molecule has 5 nitrogen and oxygen atoms in total. The van der Waals surface area contributed by atoms with Crippen LogP contribution in [-0.4, -0.2) is 22.3 Å². The van der Waals surface area contributed by atoms with Gasteiger partial charge in [-0.3, -0.25) is 0 Å². The minimum Gasteiger partial charge on any atom is -0.367 e. The predicted octanol–water partition coefficient (Wildman–Crippen LogP) is 2.33. The Morgan fingerprint density at radius 2 is 1.94 bits per heavy atom. The lowest BCUT2D eigenvalue weighted by Crippen LogP contribution is -2.19. The maximum Gasteiger partial charge on any atom is 0.191 e. The van der Waals surface area contributed by atoms with Gasteiger partial charge >= 0.3 is 0 Å². The number of rotatable bonds is 6. The first kappa shape index (κ1) is 14.1. The molecule has 0 spiro atoms. The fraction of sp³-hybridized carbons (Fsp3) is 0.636. The molecule has 1 aromatic heterocycles. The molecule has 0 amide bonds. The van der Waals surface area contributed by atoms with E-state index in [-0.39, 0.29) is 0 Å². The van der Waals surface area contributed by atoms with Gasteiger partial charge < -0.3 is 10.7 Å². The molecule has 0 aliphatic rings. The van der Waals surface area contributed by atoms with Gasteiger partial charge in [-0.2, -0.15) is 0 Å². The van der Waals surface area contributed by atoms with Crippen molar-refractivity contribution in [1.29, 1.82) is 0 Å². The summed E-state index contributed by atoms with van der Waals surface area (Å²) in [4.78, 5) is 8.61. The summed E-state index contributed by atoms with van der Waals surface area (Å²) < 4.78 is 0. The molecular weight excluding hydrogens is 234 g/mol. The summed E-state index contributed by atoms with van der Waals surface area (Å²) in [5.41, 5.74) is 2.55. The minimum absolute atomic E-state index is 0.380. The van der Waals surface area contributed by atoms with E-state index in [1.54, 1.807) is 0 Å². The molecule has 4 N–H and O–H groups in total. The molecule has 0 saturated carbocycles. The average molecular weight is 255 g/mol. The molecule has 1 aromatic rings. The highest BCUT2D eigenvalue weighted by atomic mass is 32.2. The molecule has 1 heterocycles. The number of nitrogens with zero attached hydrogens (tertiary/aromatic N) is 2. The molecule has 0 bridgehead atoms. The second-order valence-electron chi connectivity index (χ2n) is 4.44. The molecule has 96 valence electrons. The van der Waals surface area contributed by atoms with Crippen molar-refractivity contribution in [1.82, 2.24) is 9.97 Å². The third-order valence-electron chi connectivity index (χ3n) is 2.26. The zero-order valence-electron chi connectivity index (χ0n) is 10.8. The summed E-state index contributed by atoms with van der Waals surface area (Å²) in [6.07, 6.45) is 3.04. The minimum atomic E-state index is 0.380. The smallest absolute Gasteiger partial charge is 0.191 e. The molecular formula is C11H21N5S. The van der Waals surface area contributed by atoms with E-state index in [0.29, 0.717) is 22.9 Å². The van der Waals surface area contributed by atoms with Crippen molar-refractivity contribution in [3.05, 3.63) is 6.07 Å². The van der Waals surface area contributed by atoms with Gasteiger partial charge in [-0.1, -0.05) is 25.6 Å². The quantitative estimate of drug-likeness (QED) is 0.313.